The molecule has 0 aromatic rings. The summed E-state index contributed by atoms with van der Waals surface area (Å²) in [4.78, 5) is 10.9. The van der Waals surface area contributed by atoms with E-state index in [2.05, 4.69) is 19.9 Å². The molecule has 0 aliphatic heterocycles. The second-order valence-electron chi connectivity index (χ2n) is 3.77. The number of hydrogen-bond donors (Lipinski definition) is 0. The minimum atomic E-state index is -0.182. The Balaban J connectivity index is 2.96. The molecule has 2 unspecified atom stereocenters. The van der Waals surface area contributed by atoms with Gasteiger partial charge >= 0.3 is 0 Å². The number of hydrogen-bond acceptors (Lipinski definition) is 1. The third-order valence-electron chi connectivity index (χ3n) is 3.17. The number of carbonyl (C=O) groups excluding carboxylic acids is 1. The molecule has 62 valence electrons. The number of allylic oxidation sites excluding steroid dienone is 2. The first-order valence-electron chi connectivity index (χ1n) is 4.25. The molecule has 1 nitrogen and oxygen atoms in total. The molecular formula is C10H16O. The van der Waals surface area contributed by atoms with E-state index in [1.807, 2.05) is 6.92 Å². The summed E-state index contributed by atoms with van der Waals surface area (Å²) in [5.41, 5.74) is 1.06. The summed E-state index contributed by atoms with van der Waals surface area (Å²) in [6, 6.07) is 0. The van der Waals surface area contributed by atoms with E-state index < -0.39 is 0 Å². The average molecular weight is 152 g/mol. The molecule has 0 N–H and O–H groups in total. The van der Waals surface area contributed by atoms with Gasteiger partial charge in [0.25, 0.3) is 0 Å². The van der Waals surface area contributed by atoms with E-state index >= 15 is 0 Å². The molecule has 1 rings (SSSR count). The zero-order valence-electron chi connectivity index (χ0n) is 7.55. The van der Waals surface area contributed by atoms with Crippen molar-refractivity contribution in [2.75, 3.05) is 0 Å². The van der Waals surface area contributed by atoms with Crippen molar-refractivity contribution in [3.05, 3.63) is 11.6 Å². The predicted molar refractivity (Wildman–Crippen MR) is 46.3 cm³/mol. The standard InChI is InChI=1S/C10H16O/c1-8-5-4-6-9(2)10(8,3)7-11/h5,7,9H,4,6H2,1-3H3. The van der Waals surface area contributed by atoms with E-state index in [1.54, 1.807) is 0 Å². The average Bonchev–Trinajstić information content (AvgIpc) is 2.00. The molecule has 1 aliphatic rings. The Bertz CT molecular complexity index is 193. The summed E-state index contributed by atoms with van der Waals surface area (Å²) in [5, 5.41) is 0. The van der Waals surface area contributed by atoms with Crippen LogP contribution >= 0.6 is 0 Å². The van der Waals surface area contributed by atoms with Gasteiger partial charge in [-0.2, -0.15) is 0 Å². The van der Waals surface area contributed by atoms with Crippen LogP contribution < -0.4 is 0 Å². The van der Waals surface area contributed by atoms with Gasteiger partial charge in [-0.25, -0.2) is 0 Å². The van der Waals surface area contributed by atoms with Crippen molar-refractivity contribution in [2.45, 2.75) is 33.6 Å². The Labute approximate surface area is 68.5 Å². The van der Waals surface area contributed by atoms with E-state index in [-0.39, 0.29) is 5.41 Å². The fourth-order valence-corrected chi connectivity index (χ4v) is 1.67. The van der Waals surface area contributed by atoms with Gasteiger partial charge in [-0.05, 0) is 32.6 Å². The van der Waals surface area contributed by atoms with Crippen LogP contribution in [0.3, 0.4) is 0 Å². The van der Waals surface area contributed by atoms with Gasteiger partial charge in [0.05, 0.1) is 0 Å². The molecule has 2 atom stereocenters. The monoisotopic (exact) mass is 152 g/mol. The predicted octanol–water partition coefficient (Wildman–Crippen LogP) is 2.57. The first-order chi connectivity index (χ1) is 5.11. The zero-order chi connectivity index (χ0) is 8.48. The fraction of sp³-hybridized carbons (Fsp3) is 0.700. The Hall–Kier alpha value is -0.590. The van der Waals surface area contributed by atoms with Crippen LogP contribution in [0.5, 0.6) is 0 Å². The SMILES string of the molecule is CC1=CCCC(C)C1(C)C=O. The van der Waals surface area contributed by atoms with E-state index in [9.17, 15) is 4.79 Å². The summed E-state index contributed by atoms with van der Waals surface area (Å²) in [6.45, 7) is 6.25. The van der Waals surface area contributed by atoms with Crippen molar-refractivity contribution in [1.82, 2.24) is 0 Å². The summed E-state index contributed by atoms with van der Waals surface area (Å²) < 4.78 is 0. The Morgan fingerprint density at radius 1 is 1.73 bits per heavy atom. The second-order valence-corrected chi connectivity index (χ2v) is 3.77. The first-order valence-corrected chi connectivity index (χ1v) is 4.25. The van der Waals surface area contributed by atoms with E-state index in [0.29, 0.717) is 5.92 Å². The summed E-state index contributed by atoms with van der Waals surface area (Å²) in [7, 11) is 0. The number of carbonyl (C=O) groups is 1. The highest BCUT2D eigenvalue weighted by Gasteiger charge is 2.34. The molecule has 1 heteroatoms. The smallest absolute Gasteiger partial charge is 0.130 e. The minimum absolute atomic E-state index is 0.182. The first kappa shape index (κ1) is 8.51. The van der Waals surface area contributed by atoms with Crippen LogP contribution in [0.15, 0.2) is 11.6 Å². The van der Waals surface area contributed by atoms with Gasteiger partial charge < -0.3 is 4.79 Å². The van der Waals surface area contributed by atoms with Crippen LogP contribution in [0, 0.1) is 11.3 Å². The van der Waals surface area contributed by atoms with Crippen LogP contribution in [0.25, 0.3) is 0 Å². The lowest BCUT2D eigenvalue weighted by Gasteiger charge is -2.34. The highest BCUT2D eigenvalue weighted by molar-refractivity contribution is 5.65. The molecule has 0 radical (unpaired) electrons. The summed E-state index contributed by atoms with van der Waals surface area (Å²) in [6.07, 6.45) is 5.57. The van der Waals surface area contributed by atoms with Gasteiger partial charge in [0.2, 0.25) is 0 Å². The lowest BCUT2D eigenvalue weighted by atomic mass is 9.69. The third-order valence-corrected chi connectivity index (χ3v) is 3.17. The molecule has 0 aromatic heterocycles. The van der Waals surface area contributed by atoms with Gasteiger partial charge in [0.15, 0.2) is 0 Å². The van der Waals surface area contributed by atoms with Gasteiger partial charge in [-0.3, -0.25) is 0 Å². The maximum Gasteiger partial charge on any atom is 0.130 e. The molecule has 0 saturated heterocycles. The van der Waals surface area contributed by atoms with Crippen molar-refractivity contribution in [3.8, 4) is 0 Å². The second kappa shape index (κ2) is 2.80. The van der Waals surface area contributed by atoms with Gasteiger partial charge in [0, 0.05) is 5.41 Å². The number of rotatable bonds is 1. The van der Waals surface area contributed by atoms with Crippen molar-refractivity contribution in [3.63, 3.8) is 0 Å². The fourth-order valence-electron chi connectivity index (χ4n) is 1.67. The van der Waals surface area contributed by atoms with Crippen molar-refractivity contribution < 1.29 is 4.79 Å². The van der Waals surface area contributed by atoms with Crippen LogP contribution in [-0.4, -0.2) is 6.29 Å². The van der Waals surface area contributed by atoms with E-state index in [4.69, 9.17) is 0 Å². The van der Waals surface area contributed by atoms with Crippen molar-refractivity contribution >= 4 is 6.29 Å². The Morgan fingerprint density at radius 2 is 2.36 bits per heavy atom. The summed E-state index contributed by atoms with van der Waals surface area (Å²) >= 11 is 0. The van der Waals surface area contributed by atoms with Crippen LogP contribution in [0.1, 0.15) is 33.6 Å². The maximum absolute atomic E-state index is 10.9. The minimum Gasteiger partial charge on any atom is -0.302 e. The van der Waals surface area contributed by atoms with Crippen molar-refractivity contribution in [1.29, 1.82) is 0 Å². The Kier molecular flexibility index (Phi) is 2.17. The summed E-state index contributed by atoms with van der Waals surface area (Å²) in [5.74, 6) is 0.505. The van der Waals surface area contributed by atoms with E-state index in [1.165, 1.54) is 5.57 Å². The largest absolute Gasteiger partial charge is 0.302 e. The zero-order valence-corrected chi connectivity index (χ0v) is 7.55. The molecule has 0 heterocycles. The van der Waals surface area contributed by atoms with E-state index in [0.717, 1.165) is 19.1 Å². The van der Waals surface area contributed by atoms with Crippen LogP contribution in [0.2, 0.25) is 0 Å². The third kappa shape index (κ3) is 1.24. The molecule has 0 aromatic carbocycles. The molecule has 0 bridgehead atoms. The van der Waals surface area contributed by atoms with Crippen LogP contribution in [0.4, 0.5) is 0 Å². The quantitative estimate of drug-likeness (QED) is 0.417. The lowest BCUT2D eigenvalue weighted by Crippen LogP contribution is -2.30. The Morgan fingerprint density at radius 3 is 2.73 bits per heavy atom. The number of aldehydes is 1. The van der Waals surface area contributed by atoms with Crippen LogP contribution in [-0.2, 0) is 4.79 Å². The molecular weight excluding hydrogens is 136 g/mol. The van der Waals surface area contributed by atoms with Gasteiger partial charge in [-0.15, -0.1) is 0 Å². The lowest BCUT2D eigenvalue weighted by molar-refractivity contribution is -0.116. The molecule has 1 aliphatic carbocycles. The maximum atomic E-state index is 10.9. The normalized spacial score (nSPS) is 38.1. The molecule has 11 heavy (non-hydrogen) atoms. The highest BCUT2D eigenvalue weighted by atomic mass is 16.1. The van der Waals surface area contributed by atoms with Gasteiger partial charge in [0.1, 0.15) is 6.29 Å². The highest BCUT2D eigenvalue weighted by Crippen LogP contribution is 2.39. The molecule has 0 amide bonds. The molecule has 0 fully saturated rings. The molecule has 0 spiro atoms. The topological polar surface area (TPSA) is 17.1 Å². The molecule has 0 saturated carbocycles. The van der Waals surface area contributed by atoms with Crippen molar-refractivity contribution in [2.24, 2.45) is 11.3 Å². The van der Waals surface area contributed by atoms with Gasteiger partial charge in [-0.1, -0.05) is 18.6 Å².